The number of carbonyl (C=O) groups is 1. The number of halogens is 3. The molecule has 0 spiro atoms. The number of fused-ring (bicyclic) bond motifs is 1. The van der Waals surface area contributed by atoms with Crippen LogP contribution < -0.4 is 24.8 Å². The van der Waals surface area contributed by atoms with Crippen LogP contribution in [0, 0.1) is 0 Å². The number of benzene rings is 3. The molecule has 0 heterocycles. The van der Waals surface area contributed by atoms with E-state index in [2.05, 4.69) is 20.6 Å². The Morgan fingerprint density at radius 3 is 2.22 bits per heavy atom. The molecule has 3 aromatic rings. The molecule has 3 aromatic carbocycles. The number of nitrogens with one attached hydrogen (secondary N) is 3. The van der Waals surface area contributed by atoms with Gasteiger partial charge in [0.15, 0.2) is 5.75 Å². The van der Waals surface area contributed by atoms with Crippen molar-refractivity contribution in [1.82, 2.24) is 0 Å². The van der Waals surface area contributed by atoms with E-state index >= 15 is 0 Å². The summed E-state index contributed by atoms with van der Waals surface area (Å²) in [4.78, 5) is 21.2. The number of hydrogen-bond acceptors (Lipinski definition) is 6. The van der Waals surface area contributed by atoms with E-state index in [0.29, 0.717) is 45.9 Å². The van der Waals surface area contributed by atoms with Gasteiger partial charge in [0, 0.05) is 23.5 Å². The van der Waals surface area contributed by atoms with E-state index in [1.54, 1.807) is 63.4 Å². The van der Waals surface area contributed by atoms with Crippen molar-refractivity contribution in [2.45, 2.75) is 20.0 Å². The number of hydrogen-bond donors (Lipinski definition) is 3. The standard InChI is InChI=1S/C27H28F3N5O5S/c1-16(32-17(2)31-3)12-13-40-24-11-10-21(19-8-6-7-9-20(19)24)33-26(36)34-22-14-18(27(28,29)30)15-23(25(22)39-4)35-41(5,37)38/h6-15,35H,1-5H3,(H2,33,34,36)/b13-12+,31-17?,32-16?. The highest BCUT2D eigenvalue weighted by atomic mass is 32.2. The lowest BCUT2D eigenvalue weighted by Gasteiger charge is -2.19. The number of amides is 2. The second-order valence-corrected chi connectivity index (χ2v) is 10.4. The lowest BCUT2D eigenvalue weighted by Crippen LogP contribution is -2.21. The van der Waals surface area contributed by atoms with Crippen LogP contribution in [0.3, 0.4) is 0 Å². The van der Waals surface area contributed by atoms with E-state index in [4.69, 9.17) is 9.47 Å². The lowest BCUT2D eigenvalue weighted by atomic mass is 10.1. The molecule has 0 unspecified atom stereocenters. The minimum absolute atomic E-state index is 0.307. The molecule has 0 aliphatic carbocycles. The molecule has 0 aromatic heterocycles. The van der Waals surface area contributed by atoms with Crippen LogP contribution in [0.1, 0.15) is 19.4 Å². The molecule has 14 heteroatoms. The highest BCUT2D eigenvalue weighted by molar-refractivity contribution is 7.92. The van der Waals surface area contributed by atoms with Crippen molar-refractivity contribution >= 4 is 55.4 Å². The first-order valence-electron chi connectivity index (χ1n) is 11.9. The van der Waals surface area contributed by atoms with Gasteiger partial charge in [0.25, 0.3) is 0 Å². The lowest BCUT2D eigenvalue weighted by molar-refractivity contribution is -0.137. The Labute approximate surface area is 235 Å². The van der Waals surface area contributed by atoms with Gasteiger partial charge in [-0.15, -0.1) is 0 Å². The smallest absolute Gasteiger partial charge is 0.416 e. The topological polar surface area (TPSA) is 130 Å². The minimum atomic E-state index is -4.83. The number of ether oxygens (including phenoxy) is 2. The minimum Gasteiger partial charge on any atom is -0.492 e. The Bertz CT molecular complexity index is 1650. The monoisotopic (exact) mass is 591 g/mol. The fourth-order valence-electron chi connectivity index (χ4n) is 3.69. The maximum absolute atomic E-state index is 13.5. The molecule has 0 saturated heterocycles. The van der Waals surface area contributed by atoms with Crippen molar-refractivity contribution in [1.29, 1.82) is 0 Å². The van der Waals surface area contributed by atoms with Gasteiger partial charge in [-0.1, -0.05) is 24.3 Å². The molecular formula is C27H28F3N5O5S. The number of anilines is 3. The fourth-order valence-corrected chi connectivity index (χ4v) is 4.24. The average molecular weight is 592 g/mol. The van der Waals surface area contributed by atoms with Crippen LogP contribution in [-0.2, 0) is 16.2 Å². The first-order valence-corrected chi connectivity index (χ1v) is 13.8. The predicted octanol–water partition coefficient (Wildman–Crippen LogP) is 6.28. The number of amidine groups is 1. The summed E-state index contributed by atoms with van der Waals surface area (Å²) in [5.41, 5.74) is -1.08. The third-order valence-electron chi connectivity index (χ3n) is 5.46. The maximum atomic E-state index is 13.5. The molecule has 10 nitrogen and oxygen atoms in total. The molecule has 0 radical (unpaired) electrons. The Morgan fingerprint density at radius 1 is 0.976 bits per heavy atom. The van der Waals surface area contributed by atoms with Crippen LogP contribution in [-0.4, -0.2) is 46.4 Å². The van der Waals surface area contributed by atoms with E-state index in [0.717, 1.165) is 13.4 Å². The molecule has 3 N–H and O–H groups in total. The van der Waals surface area contributed by atoms with E-state index in [9.17, 15) is 26.4 Å². The van der Waals surface area contributed by atoms with Gasteiger partial charge in [0.2, 0.25) is 10.0 Å². The van der Waals surface area contributed by atoms with E-state index in [1.165, 1.54) is 6.26 Å². The number of aliphatic imine (C=N–C) groups is 2. The Balaban J connectivity index is 1.91. The van der Waals surface area contributed by atoms with Crippen LogP contribution in [0.2, 0.25) is 0 Å². The Kier molecular flexibility index (Phi) is 9.60. The second kappa shape index (κ2) is 12.7. The molecular weight excluding hydrogens is 563 g/mol. The SMILES string of the molecule is CN=C(C)N=C(C)/C=C/Oc1ccc(NC(=O)Nc2cc(C(F)(F)F)cc(NS(C)(=O)=O)c2OC)c2ccccc12. The zero-order valence-corrected chi connectivity index (χ0v) is 23.6. The molecule has 0 fully saturated rings. The largest absolute Gasteiger partial charge is 0.492 e. The van der Waals surface area contributed by atoms with Gasteiger partial charge in [-0.05, 0) is 44.2 Å². The van der Waals surface area contributed by atoms with Crippen molar-refractivity contribution in [3.8, 4) is 11.5 Å². The average Bonchev–Trinajstić information content (AvgIpc) is 2.88. The van der Waals surface area contributed by atoms with E-state index in [1.807, 2.05) is 4.72 Å². The molecule has 0 bridgehead atoms. The van der Waals surface area contributed by atoms with Crippen molar-refractivity contribution < 1.29 is 35.9 Å². The third kappa shape index (κ3) is 8.45. The molecule has 0 saturated carbocycles. The van der Waals surface area contributed by atoms with Gasteiger partial charge in [-0.25, -0.2) is 18.2 Å². The first kappa shape index (κ1) is 30.9. The summed E-state index contributed by atoms with van der Waals surface area (Å²) in [6.45, 7) is 3.56. The number of methoxy groups -OCH3 is 1. The number of urea groups is 1. The van der Waals surface area contributed by atoms with E-state index < -0.39 is 39.2 Å². The highest BCUT2D eigenvalue weighted by Gasteiger charge is 2.33. The molecule has 41 heavy (non-hydrogen) atoms. The number of alkyl halides is 3. The van der Waals surface area contributed by atoms with Gasteiger partial charge in [0.1, 0.15) is 11.6 Å². The van der Waals surface area contributed by atoms with Gasteiger partial charge in [0.05, 0.1) is 42.3 Å². The molecule has 0 aliphatic rings. The zero-order valence-electron chi connectivity index (χ0n) is 22.8. The Morgan fingerprint density at radius 2 is 1.61 bits per heavy atom. The molecule has 218 valence electrons. The summed E-state index contributed by atoms with van der Waals surface area (Å²) >= 11 is 0. The summed E-state index contributed by atoms with van der Waals surface area (Å²) in [7, 11) is -1.20. The van der Waals surface area contributed by atoms with Crippen molar-refractivity contribution in [3.05, 3.63) is 66.4 Å². The van der Waals surface area contributed by atoms with Gasteiger partial charge >= 0.3 is 12.2 Å². The van der Waals surface area contributed by atoms with Crippen molar-refractivity contribution in [3.63, 3.8) is 0 Å². The summed E-state index contributed by atoms with van der Waals surface area (Å²) in [6.07, 6.45) is -0.929. The zero-order chi connectivity index (χ0) is 30.4. The summed E-state index contributed by atoms with van der Waals surface area (Å²) in [5, 5.41) is 6.16. The van der Waals surface area contributed by atoms with Crippen LogP contribution >= 0.6 is 0 Å². The predicted molar refractivity (Wildman–Crippen MR) is 155 cm³/mol. The maximum Gasteiger partial charge on any atom is 0.416 e. The van der Waals surface area contributed by atoms with Crippen LogP contribution in [0.15, 0.2) is 70.9 Å². The number of sulfonamides is 1. The summed E-state index contributed by atoms with van der Waals surface area (Å²) in [6, 6.07) is 10.5. The normalized spacial score (nSPS) is 12.9. The van der Waals surface area contributed by atoms with Gasteiger partial charge < -0.3 is 20.1 Å². The van der Waals surface area contributed by atoms with E-state index in [-0.39, 0.29) is 5.75 Å². The third-order valence-corrected chi connectivity index (χ3v) is 6.05. The summed E-state index contributed by atoms with van der Waals surface area (Å²) in [5.74, 6) is 0.780. The van der Waals surface area contributed by atoms with Crippen LogP contribution in [0.25, 0.3) is 10.8 Å². The number of nitrogens with zero attached hydrogens (tertiary/aromatic N) is 2. The highest BCUT2D eigenvalue weighted by Crippen LogP contribution is 2.41. The molecule has 0 aliphatic heterocycles. The fraction of sp³-hybridized carbons (Fsp3) is 0.222. The number of carbonyl (C=O) groups excluding carboxylic acids is 1. The Hall–Kier alpha value is -4.59. The van der Waals surface area contributed by atoms with Crippen molar-refractivity contribution in [2.75, 3.05) is 35.8 Å². The van der Waals surface area contributed by atoms with Crippen LogP contribution in [0.4, 0.5) is 35.0 Å². The molecule has 2 amide bonds. The number of rotatable bonds is 8. The molecule has 0 atom stereocenters. The quantitative estimate of drug-likeness (QED) is 0.161. The summed E-state index contributed by atoms with van der Waals surface area (Å²) < 4.78 is 77.0. The van der Waals surface area contributed by atoms with Gasteiger partial charge in [-0.2, -0.15) is 13.2 Å². The first-order chi connectivity index (χ1) is 19.2. The van der Waals surface area contributed by atoms with Crippen molar-refractivity contribution in [2.24, 2.45) is 9.98 Å². The van der Waals surface area contributed by atoms with Gasteiger partial charge in [-0.3, -0.25) is 9.71 Å². The van der Waals surface area contributed by atoms with Crippen LogP contribution in [0.5, 0.6) is 11.5 Å². The molecule has 3 rings (SSSR count). The second-order valence-electron chi connectivity index (χ2n) is 8.66. The number of allylic oxidation sites excluding steroid dienone is 1.